The molecule has 3 nitrogen and oxygen atoms in total. The SMILES string of the molecule is CCC(C)Oc1ccc(Br)cc1C(N)C(F)(F)CO. The Labute approximate surface area is 119 Å². The zero-order chi connectivity index (χ0) is 14.6. The van der Waals surface area contributed by atoms with Crippen LogP contribution in [0, 0.1) is 0 Å². The molecular weight excluding hydrogens is 320 g/mol. The van der Waals surface area contributed by atoms with Crippen LogP contribution in [-0.2, 0) is 0 Å². The molecule has 0 saturated carbocycles. The molecule has 0 bridgehead atoms. The monoisotopic (exact) mass is 337 g/mol. The number of alkyl halides is 2. The minimum Gasteiger partial charge on any atom is -0.490 e. The van der Waals surface area contributed by atoms with Gasteiger partial charge in [0.2, 0.25) is 0 Å². The van der Waals surface area contributed by atoms with Gasteiger partial charge in [-0.1, -0.05) is 22.9 Å². The average molecular weight is 338 g/mol. The zero-order valence-electron chi connectivity index (χ0n) is 10.9. The Balaban J connectivity index is 3.13. The number of ether oxygens (including phenoxy) is 1. The van der Waals surface area contributed by atoms with Crippen LogP contribution >= 0.6 is 15.9 Å². The van der Waals surface area contributed by atoms with Gasteiger partial charge < -0.3 is 15.6 Å². The van der Waals surface area contributed by atoms with Crippen LogP contribution in [0.3, 0.4) is 0 Å². The van der Waals surface area contributed by atoms with Gasteiger partial charge in [-0.2, -0.15) is 0 Å². The molecule has 0 heterocycles. The standard InChI is InChI=1S/C13H18BrF2NO2/c1-3-8(2)19-11-5-4-9(14)6-10(11)12(17)13(15,16)7-18/h4-6,8,12,18H,3,7,17H2,1-2H3. The summed E-state index contributed by atoms with van der Waals surface area (Å²) in [5, 5.41) is 8.73. The van der Waals surface area contributed by atoms with E-state index in [0.29, 0.717) is 10.2 Å². The molecule has 2 atom stereocenters. The topological polar surface area (TPSA) is 55.5 Å². The smallest absolute Gasteiger partial charge is 0.289 e. The van der Waals surface area contributed by atoms with E-state index in [1.165, 1.54) is 6.07 Å². The second-order valence-corrected chi connectivity index (χ2v) is 5.33. The van der Waals surface area contributed by atoms with Crippen molar-refractivity contribution in [1.82, 2.24) is 0 Å². The Kier molecular flexibility index (Phi) is 5.70. The van der Waals surface area contributed by atoms with E-state index in [1.807, 2.05) is 13.8 Å². The highest BCUT2D eigenvalue weighted by molar-refractivity contribution is 9.10. The summed E-state index contributed by atoms with van der Waals surface area (Å²) in [7, 11) is 0. The van der Waals surface area contributed by atoms with E-state index in [9.17, 15) is 8.78 Å². The van der Waals surface area contributed by atoms with Gasteiger partial charge in [-0.15, -0.1) is 0 Å². The highest BCUT2D eigenvalue weighted by Gasteiger charge is 2.39. The molecule has 0 aromatic heterocycles. The van der Waals surface area contributed by atoms with E-state index < -0.39 is 18.6 Å². The molecule has 19 heavy (non-hydrogen) atoms. The largest absolute Gasteiger partial charge is 0.490 e. The van der Waals surface area contributed by atoms with Crippen molar-refractivity contribution in [2.75, 3.05) is 6.61 Å². The first-order valence-corrected chi connectivity index (χ1v) is 6.81. The van der Waals surface area contributed by atoms with Crippen molar-refractivity contribution in [3.05, 3.63) is 28.2 Å². The second kappa shape index (κ2) is 6.63. The molecule has 0 amide bonds. The molecule has 1 aromatic rings. The van der Waals surface area contributed by atoms with Gasteiger partial charge in [-0.05, 0) is 31.5 Å². The van der Waals surface area contributed by atoms with Crippen molar-refractivity contribution >= 4 is 15.9 Å². The normalized spacial score (nSPS) is 15.1. The number of aliphatic hydroxyl groups is 1. The van der Waals surface area contributed by atoms with Crippen LogP contribution in [0.1, 0.15) is 31.9 Å². The third kappa shape index (κ3) is 4.12. The van der Waals surface area contributed by atoms with Gasteiger partial charge in [-0.25, -0.2) is 8.78 Å². The van der Waals surface area contributed by atoms with Crippen molar-refractivity contribution < 1.29 is 18.6 Å². The fourth-order valence-corrected chi connectivity index (χ4v) is 1.87. The fourth-order valence-electron chi connectivity index (χ4n) is 1.50. The average Bonchev–Trinajstić information content (AvgIpc) is 2.39. The Bertz CT molecular complexity index is 429. The molecule has 1 aromatic carbocycles. The number of aliphatic hydroxyl groups excluding tert-OH is 1. The van der Waals surface area contributed by atoms with Crippen LogP contribution in [0.15, 0.2) is 22.7 Å². The first-order chi connectivity index (χ1) is 8.81. The molecular formula is C13H18BrF2NO2. The van der Waals surface area contributed by atoms with Gasteiger partial charge in [0, 0.05) is 10.0 Å². The third-order valence-electron chi connectivity index (χ3n) is 2.88. The molecule has 0 aliphatic heterocycles. The first kappa shape index (κ1) is 16.3. The summed E-state index contributed by atoms with van der Waals surface area (Å²) in [6, 6.07) is 3.17. The number of nitrogens with two attached hydrogens (primary N) is 1. The molecule has 0 aliphatic carbocycles. The Morgan fingerprint density at radius 3 is 2.63 bits per heavy atom. The maximum Gasteiger partial charge on any atom is 0.289 e. The predicted molar refractivity (Wildman–Crippen MR) is 73.5 cm³/mol. The maximum atomic E-state index is 13.5. The van der Waals surface area contributed by atoms with Crippen molar-refractivity contribution in [2.24, 2.45) is 5.73 Å². The molecule has 0 fully saturated rings. The van der Waals surface area contributed by atoms with Crippen LogP contribution < -0.4 is 10.5 Å². The van der Waals surface area contributed by atoms with Crippen LogP contribution in [0.4, 0.5) is 8.78 Å². The zero-order valence-corrected chi connectivity index (χ0v) is 12.5. The van der Waals surface area contributed by atoms with Gasteiger partial charge in [0.1, 0.15) is 18.4 Å². The van der Waals surface area contributed by atoms with Crippen LogP contribution in [0.5, 0.6) is 5.75 Å². The van der Waals surface area contributed by atoms with Crippen LogP contribution in [0.25, 0.3) is 0 Å². The van der Waals surface area contributed by atoms with Crippen LogP contribution in [0.2, 0.25) is 0 Å². The van der Waals surface area contributed by atoms with E-state index in [1.54, 1.807) is 12.1 Å². The molecule has 1 rings (SSSR count). The lowest BCUT2D eigenvalue weighted by atomic mass is 10.0. The van der Waals surface area contributed by atoms with Crippen LogP contribution in [-0.4, -0.2) is 23.7 Å². The van der Waals surface area contributed by atoms with E-state index in [0.717, 1.165) is 6.42 Å². The van der Waals surface area contributed by atoms with Crippen molar-refractivity contribution in [2.45, 2.75) is 38.3 Å². The number of hydrogen-bond acceptors (Lipinski definition) is 3. The Hall–Kier alpha value is -0.720. The van der Waals surface area contributed by atoms with Gasteiger partial charge >= 0.3 is 0 Å². The van der Waals surface area contributed by atoms with Crippen molar-refractivity contribution in [3.8, 4) is 5.75 Å². The molecule has 2 unspecified atom stereocenters. The van der Waals surface area contributed by atoms with Crippen molar-refractivity contribution in [1.29, 1.82) is 0 Å². The molecule has 0 saturated heterocycles. The Morgan fingerprint density at radius 1 is 1.47 bits per heavy atom. The number of halogens is 3. The molecule has 108 valence electrons. The molecule has 0 aliphatic rings. The van der Waals surface area contributed by atoms with Gasteiger partial charge in [0.15, 0.2) is 0 Å². The lowest BCUT2D eigenvalue weighted by Gasteiger charge is -2.25. The lowest BCUT2D eigenvalue weighted by molar-refractivity contribution is -0.0718. The first-order valence-electron chi connectivity index (χ1n) is 6.02. The summed E-state index contributed by atoms with van der Waals surface area (Å²) in [4.78, 5) is 0. The molecule has 0 spiro atoms. The quantitative estimate of drug-likeness (QED) is 0.837. The third-order valence-corrected chi connectivity index (χ3v) is 3.37. The highest BCUT2D eigenvalue weighted by atomic mass is 79.9. The fraction of sp³-hybridized carbons (Fsp3) is 0.538. The minimum atomic E-state index is -3.39. The lowest BCUT2D eigenvalue weighted by Crippen LogP contribution is -2.36. The summed E-state index contributed by atoms with van der Waals surface area (Å²) >= 11 is 3.22. The molecule has 3 N–H and O–H groups in total. The summed E-state index contributed by atoms with van der Waals surface area (Å²) in [5.74, 6) is -3.08. The summed E-state index contributed by atoms with van der Waals surface area (Å²) in [5.41, 5.74) is 5.73. The number of rotatable bonds is 6. The second-order valence-electron chi connectivity index (χ2n) is 4.42. The molecule has 6 heteroatoms. The number of benzene rings is 1. The van der Waals surface area contributed by atoms with E-state index in [4.69, 9.17) is 15.6 Å². The predicted octanol–water partition coefficient (Wildman–Crippen LogP) is 3.25. The van der Waals surface area contributed by atoms with Crippen molar-refractivity contribution in [3.63, 3.8) is 0 Å². The molecule has 0 radical (unpaired) electrons. The minimum absolute atomic E-state index is 0.102. The van der Waals surface area contributed by atoms with E-state index in [2.05, 4.69) is 15.9 Å². The summed E-state index contributed by atoms with van der Waals surface area (Å²) in [6.07, 6.45) is 0.649. The van der Waals surface area contributed by atoms with Gasteiger partial charge in [-0.3, -0.25) is 0 Å². The van der Waals surface area contributed by atoms with Gasteiger partial charge in [0.05, 0.1) is 6.10 Å². The van der Waals surface area contributed by atoms with Gasteiger partial charge in [0.25, 0.3) is 5.92 Å². The summed E-state index contributed by atoms with van der Waals surface area (Å²) < 4.78 is 33.3. The Morgan fingerprint density at radius 2 is 2.11 bits per heavy atom. The van der Waals surface area contributed by atoms with E-state index >= 15 is 0 Å². The maximum absolute atomic E-state index is 13.5. The highest BCUT2D eigenvalue weighted by Crippen LogP contribution is 2.36. The number of hydrogen-bond donors (Lipinski definition) is 2. The van der Waals surface area contributed by atoms with E-state index in [-0.39, 0.29) is 11.7 Å². The summed E-state index contributed by atoms with van der Waals surface area (Å²) in [6.45, 7) is 2.48.